The van der Waals surface area contributed by atoms with E-state index in [1.165, 1.54) is 0 Å². The topological polar surface area (TPSA) is 42.4 Å². The molecule has 0 fully saturated rings. The van der Waals surface area contributed by atoms with Gasteiger partial charge in [0.15, 0.2) is 11.4 Å². The van der Waals surface area contributed by atoms with Gasteiger partial charge in [-0.05, 0) is 84.1 Å². The summed E-state index contributed by atoms with van der Waals surface area (Å²) >= 11 is 0. The maximum atomic E-state index is 9.67. The van der Waals surface area contributed by atoms with Crippen molar-refractivity contribution < 1.29 is 0 Å². The van der Waals surface area contributed by atoms with Crippen LogP contribution in [0, 0.1) is 31.4 Å². The number of rotatable bonds is 3. The number of hydrogen-bond acceptors (Lipinski definition) is 1. The minimum atomic E-state index is 0.555. The Morgan fingerprint density at radius 2 is 1.13 bits per heavy atom. The Hall–Kier alpha value is -6.61. The summed E-state index contributed by atoms with van der Waals surface area (Å²) in [7, 11) is 0. The average Bonchev–Trinajstić information content (AvgIpc) is 3.59. The van der Waals surface area contributed by atoms with Crippen LogP contribution in [0.25, 0.3) is 75.8 Å². The van der Waals surface area contributed by atoms with Crippen molar-refractivity contribution in [3.63, 3.8) is 0 Å². The first-order valence-electron chi connectivity index (χ1n) is 14.6. The average molecular weight is 574 g/mol. The third kappa shape index (κ3) is 3.84. The largest absolute Gasteiger partial charge is 0.309 e. The molecule has 0 amide bonds. The van der Waals surface area contributed by atoms with Gasteiger partial charge in [0.1, 0.15) is 0 Å². The van der Waals surface area contributed by atoms with Gasteiger partial charge in [0.2, 0.25) is 0 Å². The molecule has 0 bridgehead atoms. The van der Waals surface area contributed by atoms with Gasteiger partial charge in [-0.3, -0.25) is 0 Å². The van der Waals surface area contributed by atoms with E-state index < -0.39 is 0 Å². The highest BCUT2D eigenvalue weighted by Crippen LogP contribution is 2.43. The zero-order valence-corrected chi connectivity index (χ0v) is 24.3. The van der Waals surface area contributed by atoms with Crippen molar-refractivity contribution in [1.29, 1.82) is 5.26 Å². The molecule has 45 heavy (non-hydrogen) atoms. The van der Waals surface area contributed by atoms with Crippen molar-refractivity contribution in [2.75, 3.05) is 0 Å². The molecule has 208 valence electrons. The van der Waals surface area contributed by atoms with E-state index in [2.05, 4.69) is 74.3 Å². The summed E-state index contributed by atoms with van der Waals surface area (Å²) in [6, 6.07) is 42.8. The quantitative estimate of drug-likeness (QED) is 0.194. The zero-order valence-electron chi connectivity index (χ0n) is 24.3. The van der Waals surface area contributed by atoms with Crippen LogP contribution < -0.4 is 0 Å². The van der Waals surface area contributed by atoms with Crippen LogP contribution in [0.1, 0.15) is 11.1 Å². The van der Waals surface area contributed by atoms with Crippen LogP contribution in [-0.2, 0) is 0 Å². The van der Waals surface area contributed by atoms with Gasteiger partial charge in [-0.25, -0.2) is 9.69 Å². The highest BCUT2D eigenvalue weighted by molar-refractivity contribution is 6.12. The number of hydrogen-bond donors (Lipinski definition) is 0. The van der Waals surface area contributed by atoms with Gasteiger partial charge in [0.05, 0.1) is 58.2 Å². The highest BCUT2D eigenvalue weighted by Gasteiger charge is 2.22. The summed E-state index contributed by atoms with van der Waals surface area (Å²) in [4.78, 5) is 7.53. The van der Waals surface area contributed by atoms with Crippen LogP contribution in [-0.4, -0.2) is 9.13 Å². The smallest absolute Gasteiger partial charge is 0.188 e. The number of benzene rings is 6. The summed E-state index contributed by atoms with van der Waals surface area (Å²) < 4.78 is 4.53. The fraction of sp³-hybridized carbons (Fsp3) is 0.0250. The Kier molecular flexibility index (Phi) is 5.78. The standard InChI is InChI=1S/C40H23N5/c1-25-9-8-14-39(45-35-13-7-4-10-29(35)31-21-26(24-41)15-18-36(31)45)40(25)33-23-28(43-3)17-20-38(33)44-34-12-6-5-11-30(34)32-22-27(42-2)16-19-37(32)44/h4-23H,1H3. The molecule has 0 N–H and O–H groups in total. The molecule has 0 saturated carbocycles. The minimum absolute atomic E-state index is 0.555. The van der Waals surface area contributed by atoms with Crippen molar-refractivity contribution in [2.24, 2.45) is 0 Å². The van der Waals surface area contributed by atoms with Gasteiger partial charge >= 0.3 is 0 Å². The van der Waals surface area contributed by atoms with E-state index in [9.17, 15) is 5.26 Å². The lowest BCUT2D eigenvalue weighted by Gasteiger charge is -2.21. The summed E-state index contributed by atoms with van der Waals surface area (Å²) in [5.74, 6) is 0. The molecule has 0 aliphatic heterocycles. The summed E-state index contributed by atoms with van der Waals surface area (Å²) in [6.45, 7) is 17.6. The van der Waals surface area contributed by atoms with Crippen molar-refractivity contribution in [1.82, 2.24) is 9.13 Å². The molecule has 0 atom stereocenters. The third-order valence-corrected chi connectivity index (χ3v) is 8.70. The first kappa shape index (κ1) is 26.1. The van der Waals surface area contributed by atoms with Gasteiger partial charge in [-0.15, -0.1) is 0 Å². The van der Waals surface area contributed by atoms with Gasteiger partial charge in [0.25, 0.3) is 0 Å². The molecule has 0 radical (unpaired) electrons. The van der Waals surface area contributed by atoms with Gasteiger partial charge in [0, 0.05) is 21.7 Å². The van der Waals surface area contributed by atoms with E-state index in [1.54, 1.807) is 0 Å². The lowest BCUT2D eigenvalue weighted by Crippen LogP contribution is -2.03. The molecule has 8 rings (SSSR count). The predicted octanol–water partition coefficient (Wildman–Crippen LogP) is 10.8. The number of aryl methyl sites for hydroxylation is 1. The van der Waals surface area contributed by atoms with E-state index >= 15 is 0 Å². The summed E-state index contributed by atoms with van der Waals surface area (Å²) in [5.41, 5.74) is 10.8. The molecule has 6 aromatic carbocycles. The van der Waals surface area contributed by atoms with Crippen LogP contribution in [0.5, 0.6) is 0 Å². The van der Waals surface area contributed by atoms with E-state index in [0.717, 1.165) is 71.7 Å². The second-order valence-corrected chi connectivity index (χ2v) is 11.1. The van der Waals surface area contributed by atoms with E-state index in [1.807, 2.05) is 78.9 Å². The van der Waals surface area contributed by atoms with Crippen LogP contribution in [0.2, 0.25) is 0 Å². The molecule has 0 spiro atoms. The number of nitriles is 1. The molecule has 2 aromatic heterocycles. The monoisotopic (exact) mass is 573 g/mol. The normalized spacial score (nSPS) is 11.2. The molecule has 8 aromatic rings. The molecular formula is C40H23N5. The second-order valence-electron chi connectivity index (χ2n) is 11.1. The molecular weight excluding hydrogens is 550 g/mol. The van der Waals surface area contributed by atoms with Gasteiger partial charge < -0.3 is 9.13 Å². The van der Waals surface area contributed by atoms with E-state index in [4.69, 9.17) is 13.1 Å². The van der Waals surface area contributed by atoms with Crippen LogP contribution >= 0.6 is 0 Å². The van der Waals surface area contributed by atoms with Crippen LogP contribution in [0.15, 0.2) is 121 Å². The Morgan fingerprint density at radius 3 is 1.82 bits per heavy atom. The SMILES string of the molecule is [C-]#[N+]c1ccc(-n2c3ccccc3c3cc([N+]#[C-])ccc32)c(-c2c(C)cccc2-n2c3ccccc3c3cc(C#N)ccc32)c1. The molecule has 5 nitrogen and oxygen atoms in total. The van der Waals surface area contributed by atoms with E-state index in [0.29, 0.717) is 16.9 Å². The summed E-state index contributed by atoms with van der Waals surface area (Å²) in [6.07, 6.45) is 0. The number of fused-ring (bicyclic) bond motifs is 6. The Morgan fingerprint density at radius 1 is 0.556 bits per heavy atom. The molecule has 0 saturated heterocycles. The maximum absolute atomic E-state index is 9.67. The molecule has 5 heteroatoms. The lowest BCUT2D eigenvalue weighted by atomic mass is 9.95. The molecule has 0 unspecified atom stereocenters. The molecule has 2 heterocycles. The van der Waals surface area contributed by atoms with Crippen molar-refractivity contribution in [2.45, 2.75) is 6.92 Å². The number of nitrogens with zero attached hydrogens (tertiary/aromatic N) is 5. The lowest BCUT2D eigenvalue weighted by molar-refractivity contribution is 1.15. The van der Waals surface area contributed by atoms with Crippen molar-refractivity contribution in [3.05, 3.63) is 155 Å². The first-order valence-corrected chi connectivity index (χ1v) is 14.6. The Balaban J connectivity index is 1.51. The molecule has 0 aliphatic carbocycles. The van der Waals surface area contributed by atoms with Crippen LogP contribution in [0.3, 0.4) is 0 Å². The number of aromatic nitrogens is 2. The number of para-hydroxylation sites is 2. The third-order valence-electron chi connectivity index (χ3n) is 8.70. The van der Waals surface area contributed by atoms with Crippen molar-refractivity contribution in [3.8, 4) is 28.6 Å². The highest BCUT2D eigenvalue weighted by atomic mass is 15.0. The van der Waals surface area contributed by atoms with Gasteiger partial charge in [-0.1, -0.05) is 60.7 Å². The van der Waals surface area contributed by atoms with E-state index in [-0.39, 0.29) is 0 Å². The fourth-order valence-corrected chi connectivity index (χ4v) is 6.77. The first-order chi connectivity index (χ1) is 22.1. The van der Waals surface area contributed by atoms with Crippen LogP contribution in [0.4, 0.5) is 11.4 Å². The van der Waals surface area contributed by atoms with Gasteiger partial charge in [-0.2, -0.15) is 5.26 Å². The minimum Gasteiger partial charge on any atom is -0.309 e. The Labute approximate surface area is 259 Å². The second kappa shape index (κ2) is 9.99. The predicted molar refractivity (Wildman–Crippen MR) is 183 cm³/mol. The maximum Gasteiger partial charge on any atom is 0.188 e. The van der Waals surface area contributed by atoms with Crippen molar-refractivity contribution >= 4 is 55.0 Å². The summed E-state index contributed by atoms with van der Waals surface area (Å²) in [5, 5.41) is 13.8. The fourth-order valence-electron chi connectivity index (χ4n) is 6.77. The zero-order chi connectivity index (χ0) is 30.7. The molecule has 0 aliphatic rings. The Bertz CT molecular complexity index is 2650.